The largest absolute Gasteiger partial charge is 0.495 e. The fourth-order valence-electron chi connectivity index (χ4n) is 4.94. The minimum Gasteiger partial charge on any atom is -0.495 e. The molecule has 0 aliphatic rings. The van der Waals surface area contributed by atoms with Crippen LogP contribution in [0, 0.1) is 17.5 Å². The van der Waals surface area contributed by atoms with Gasteiger partial charge in [-0.15, -0.1) is 0 Å². The van der Waals surface area contributed by atoms with Gasteiger partial charge in [0.1, 0.15) is 23.2 Å². The third-order valence-electron chi connectivity index (χ3n) is 7.64. The van der Waals surface area contributed by atoms with Gasteiger partial charge in [-0.25, -0.2) is 26.6 Å². The summed E-state index contributed by atoms with van der Waals surface area (Å²) in [5.74, 6) is -2.14. The van der Waals surface area contributed by atoms with Gasteiger partial charge in [0.2, 0.25) is 0 Å². The monoisotopic (exact) mass is 680 g/mol. The minimum atomic E-state index is -3.86. The molecule has 6 nitrogen and oxygen atoms in total. The van der Waals surface area contributed by atoms with Crippen molar-refractivity contribution < 1.29 is 30.8 Å². The van der Waals surface area contributed by atoms with E-state index in [0.29, 0.717) is 38.9 Å². The van der Waals surface area contributed by atoms with E-state index in [1.54, 1.807) is 24.4 Å². The Morgan fingerprint density at radius 2 is 1.62 bits per heavy atom. The van der Waals surface area contributed by atoms with Crippen LogP contribution in [0.3, 0.4) is 0 Å². The summed E-state index contributed by atoms with van der Waals surface area (Å²) >= 11 is 7.35. The zero-order valence-corrected chi connectivity index (χ0v) is 28.6. The number of benzene rings is 3. The number of methoxy groups -OCH3 is 1. The molecule has 0 aliphatic carbocycles. The summed E-state index contributed by atoms with van der Waals surface area (Å²) in [5.41, 5.74) is 1.29. The van der Waals surface area contributed by atoms with Crippen molar-refractivity contribution in [2.45, 2.75) is 47.9 Å². The maximum atomic E-state index is 15.3. The number of imidazole rings is 1. The first-order valence-electron chi connectivity index (χ1n) is 14.4. The van der Waals surface area contributed by atoms with Crippen LogP contribution in [0.4, 0.5) is 13.2 Å². The number of hydrogen-bond donors (Lipinski definition) is 0. The Bertz CT molecular complexity index is 1750. The highest BCUT2D eigenvalue weighted by molar-refractivity contribution is 7.98. The lowest BCUT2D eigenvalue weighted by molar-refractivity contribution is -0.870. The summed E-state index contributed by atoms with van der Waals surface area (Å²) in [6.45, 7) is 4.76. The highest BCUT2D eigenvalue weighted by Crippen LogP contribution is 2.39. The lowest BCUT2D eigenvalue weighted by Crippen LogP contribution is -2.35. The molecule has 0 N–H and O–H groups in total. The third kappa shape index (κ3) is 8.24. The second-order valence-electron chi connectivity index (χ2n) is 12.4. The van der Waals surface area contributed by atoms with E-state index in [1.165, 1.54) is 19.2 Å². The summed E-state index contributed by atoms with van der Waals surface area (Å²) < 4.78 is 78.0. The Balaban J connectivity index is 1.64. The molecule has 0 saturated carbocycles. The van der Waals surface area contributed by atoms with Crippen molar-refractivity contribution in [3.63, 3.8) is 0 Å². The van der Waals surface area contributed by atoms with Gasteiger partial charge in [-0.2, -0.15) is 0 Å². The molecule has 1 heterocycles. The first-order chi connectivity index (χ1) is 21.0. The summed E-state index contributed by atoms with van der Waals surface area (Å²) in [7, 11) is 3.72. The fourth-order valence-corrected chi connectivity index (χ4v) is 7.53. The number of rotatable bonds is 13. The van der Waals surface area contributed by atoms with Crippen LogP contribution < -0.4 is 4.74 Å². The van der Waals surface area contributed by atoms with Gasteiger partial charge in [-0.1, -0.05) is 43.3 Å². The number of ether oxygens (including phenoxy) is 1. The molecule has 0 spiro atoms. The Labute approximate surface area is 272 Å². The number of thioether (sulfide) groups is 1. The van der Waals surface area contributed by atoms with Crippen LogP contribution in [0.15, 0.2) is 70.8 Å². The van der Waals surface area contributed by atoms with E-state index >= 15 is 8.78 Å². The molecule has 1 aromatic heterocycles. The zero-order valence-electron chi connectivity index (χ0n) is 26.2. The van der Waals surface area contributed by atoms with Crippen LogP contribution in [-0.2, 0) is 21.0 Å². The molecular formula is C33H38ClF3N3O3S2+. The van der Waals surface area contributed by atoms with Crippen molar-refractivity contribution in [2.24, 2.45) is 0 Å². The van der Waals surface area contributed by atoms with Crippen LogP contribution in [0.5, 0.6) is 5.75 Å². The first-order valence-corrected chi connectivity index (χ1v) is 17.4. The predicted molar refractivity (Wildman–Crippen MR) is 174 cm³/mol. The number of nitrogens with zero attached hydrogens (tertiary/aromatic N) is 3. The van der Waals surface area contributed by atoms with Crippen LogP contribution in [0.2, 0.25) is 5.02 Å². The third-order valence-corrected chi connectivity index (χ3v) is 10.7. The van der Waals surface area contributed by atoms with Gasteiger partial charge in [0.15, 0.2) is 15.0 Å². The highest BCUT2D eigenvalue weighted by atomic mass is 35.5. The second-order valence-corrected chi connectivity index (χ2v) is 15.9. The fraction of sp³-hybridized carbons (Fsp3) is 0.364. The van der Waals surface area contributed by atoms with E-state index in [9.17, 15) is 12.8 Å². The highest BCUT2D eigenvalue weighted by Gasteiger charge is 2.31. The van der Waals surface area contributed by atoms with Crippen LogP contribution >= 0.6 is 23.4 Å². The van der Waals surface area contributed by atoms with Gasteiger partial charge < -0.3 is 9.22 Å². The van der Waals surface area contributed by atoms with E-state index in [4.69, 9.17) is 16.3 Å². The predicted octanol–water partition coefficient (Wildman–Crippen LogP) is 7.83. The molecule has 0 saturated heterocycles. The van der Waals surface area contributed by atoms with Gasteiger partial charge in [0, 0.05) is 22.4 Å². The number of halogens is 4. The van der Waals surface area contributed by atoms with Crippen LogP contribution in [0.25, 0.3) is 5.69 Å². The Morgan fingerprint density at radius 1 is 0.978 bits per heavy atom. The van der Waals surface area contributed by atoms with Gasteiger partial charge in [0.05, 0.1) is 62.4 Å². The SMILES string of the molecule is COc1cc(C(C)(C)c2cnc(SCc3c(F)cc(S(=O)(=O)CCCC[N+](C)(C)C)cc3F)n2-c2ccc(F)cc2)ccc1Cl. The lowest BCUT2D eigenvalue weighted by atomic mass is 9.81. The number of hydrogen-bond acceptors (Lipinski definition) is 5. The zero-order chi connectivity index (χ0) is 33.2. The molecule has 12 heteroatoms. The first kappa shape index (κ1) is 34.9. The van der Waals surface area contributed by atoms with Crippen LogP contribution in [0.1, 0.15) is 43.5 Å². The summed E-state index contributed by atoms with van der Waals surface area (Å²) in [4.78, 5) is 4.22. The number of unbranched alkanes of at least 4 members (excludes halogenated alkanes) is 1. The van der Waals surface area contributed by atoms with E-state index in [1.807, 2.05) is 51.7 Å². The molecule has 0 unspecified atom stereocenters. The van der Waals surface area contributed by atoms with E-state index < -0.39 is 32.7 Å². The van der Waals surface area contributed by atoms with Gasteiger partial charge in [0.25, 0.3) is 0 Å². The molecule has 0 atom stereocenters. The molecule has 0 fully saturated rings. The molecule has 0 aliphatic heterocycles. The molecule has 242 valence electrons. The molecule has 0 bridgehead atoms. The Kier molecular flexibility index (Phi) is 10.7. The molecular weight excluding hydrogens is 643 g/mol. The normalized spacial score (nSPS) is 12.5. The summed E-state index contributed by atoms with van der Waals surface area (Å²) in [5, 5.41) is 0.876. The van der Waals surface area contributed by atoms with Crippen molar-refractivity contribution in [3.05, 3.63) is 100 Å². The van der Waals surface area contributed by atoms with E-state index in [0.717, 1.165) is 41.7 Å². The average Bonchev–Trinajstić information content (AvgIpc) is 3.39. The standard InChI is InChI=1S/C33H38ClF3N3O3S2/c1-33(2,22-9-14-27(34)30(17-22)43-6)31-20-38-32(39(31)24-12-10-23(35)11-13-24)44-21-26-28(36)18-25(19-29(26)37)45(41,42)16-8-7-15-40(3,4)5/h9-14,17-20H,7-8,15-16,21H2,1-6H3/q+1. The second kappa shape index (κ2) is 13.8. The maximum absolute atomic E-state index is 15.3. The van der Waals surface area contributed by atoms with E-state index in [2.05, 4.69) is 4.98 Å². The van der Waals surface area contributed by atoms with Gasteiger partial charge >= 0.3 is 0 Å². The van der Waals surface area contributed by atoms with E-state index in [-0.39, 0.29) is 22.0 Å². The maximum Gasteiger partial charge on any atom is 0.178 e. The van der Waals surface area contributed by atoms with Crippen molar-refractivity contribution in [1.82, 2.24) is 9.55 Å². The lowest BCUT2D eigenvalue weighted by Gasteiger charge is -2.28. The van der Waals surface area contributed by atoms with Gasteiger partial charge in [-0.3, -0.25) is 4.57 Å². The smallest absolute Gasteiger partial charge is 0.178 e. The molecule has 4 aromatic rings. The Morgan fingerprint density at radius 3 is 2.22 bits per heavy atom. The molecule has 4 rings (SSSR count). The molecule has 3 aromatic carbocycles. The molecule has 0 radical (unpaired) electrons. The Hall–Kier alpha value is -2.99. The number of sulfone groups is 1. The summed E-state index contributed by atoms with van der Waals surface area (Å²) in [6.07, 6.45) is 2.74. The number of aromatic nitrogens is 2. The van der Waals surface area contributed by atoms with Crippen molar-refractivity contribution in [2.75, 3.05) is 40.6 Å². The average molecular weight is 681 g/mol. The number of quaternary nitrogens is 1. The quantitative estimate of drug-likeness (QED) is 0.0819. The topological polar surface area (TPSA) is 61.2 Å². The minimum absolute atomic E-state index is 0.158. The van der Waals surface area contributed by atoms with Crippen molar-refractivity contribution in [1.29, 1.82) is 0 Å². The molecule has 45 heavy (non-hydrogen) atoms. The van der Waals surface area contributed by atoms with Gasteiger partial charge in [-0.05, 0) is 66.9 Å². The molecule has 0 amide bonds. The van der Waals surface area contributed by atoms with Crippen molar-refractivity contribution in [3.8, 4) is 11.4 Å². The van der Waals surface area contributed by atoms with Crippen LogP contribution in [-0.4, -0.2) is 63.0 Å². The summed E-state index contributed by atoms with van der Waals surface area (Å²) in [6, 6.07) is 13.1. The van der Waals surface area contributed by atoms with Crippen molar-refractivity contribution >= 4 is 33.2 Å².